The number of nitrogens with one attached hydrogen (secondary N) is 1. The molecule has 178 valence electrons. The number of esters is 1. The first-order valence-corrected chi connectivity index (χ1v) is 10.5. The van der Waals surface area contributed by atoms with Crippen LogP contribution in [0.15, 0.2) is 5.10 Å². The van der Waals surface area contributed by atoms with E-state index < -0.39 is 60.4 Å². The Kier molecular flexibility index (Phi) is 8.17. The van der Waals surface area contributed by atoms with E-state index >= 15 is 0 Å². The first-order chi connectivity index (χ1) is 15.0. The summed E-state index contributed by atoms with van der Waals surface area (Å²) in [6, 6.07) is -2.67. The number of ether oxygens (including phenoxy) is 3. The molecule has 0 unspecified atom stereocenters. The van der Waals surface area contributed by atoms with Gasteiger partial charge in [-0.25, -0.2) is 14.6 Å². The van der Waals surface area contributed by atoms with Crippen LogP contribution in [0.25, 0.3) is 0 Å². The number of amides is 4. The molecule has 32 heavy (non-hydrogen) atoms. The van der Waals surface area contributed by atoms with Crippen LogP contribution >= 0.6 is 0 Å². The third kappa shape index (κ3) is 6.17. The van der Waals surface area contributed by atoms with Crippen LogP contribution in [0.2, 0.25) is 0 Å². The summed E-state index contributed by atoms with van der Waals surface area (Å²) >= 11 is 0. The van der Waals surface area contributed by atoms with Gasteiger partial charge in [0.1, 0.15) is 18.3 Å². The molecular weight excluding hydrogens is 424 g/mol. The molecule has 0 saturated carbocycles. The van der Waals surface area contributed by atoms with E-state index in [1.807, 2.05) is 6.92 Å². The molecule has 0 radical (unpaired) electrons. The largest absolute Gasteiger partial charge is 0.459 e. The van der Waals surface area contributed by atoms with Gasteiger partial charge in [0.15, 0.2) is 12.1 Å². The highest BCUT2D eigenvalue weighted by atomic mass is 16.6. The number of hydrogen-bond acceptors (Lipinski definition) is 9. The summed E-state index contributed by atoms with van der Waals surface area (Å²) in [5.74, 6) is -2.03. The van der Waals surface area contributed by atoms with E-state index in [9.17, 15) is 24.0 Å². The van der Waals surface area contributed by atoms with Crippen LogP contribution in [0.4, 0.5) is 9.59 Å². The summed E-state index contributed by atoms with van der Waals surface area (Å²) < 4.78 is 15.3. The number of hydrogen-bond donors (Lipinski definition) is 1. The molecule has 12 nitrogen and oxygen atoms in total. The normalized spacial score (nSPS) is 22.9. The molecule has 1 fully saturated rings. The lowest BCUT2D eigenvalue weighted by Crippen LogP contribution is -2.60. The van der Waals surface area contributed by atoms with E-state index in [1.54, 1.807) is 20.8 Å². The van der Waals surface area contributed by atoms with Gasteiger partial charge in [-0.15, -0.1) is 0 Å². The van der Waals surface area contributed by atoms with E-state index in [1.165, 1.54) is 13.1 Å². The minimum atomic E-state index is -1.39. The Bertz CT molecular complexity index is 791. The lowest BCUT2D eigenvalue weighted by atomic mass is 10.0. The van der Waals surface area contributed by atoms with Gasteiger partial charge < -0.3 is 19.5 Å². The average Bonchev–Trinajstić information content (AvgIpc) is 3.07. The minimum absolute atomic E-state index is 0.116. The number of imide groups is 1. The van der Waals surface area contributed by atoms with Crippen LogP contribution in [-0.2, 0) is 28.6 Å². The Morgan fingerprint density at radius 3 is 2.56 bits per heavy atom. The molecule has 2 rings (SSSR count). The predicted octanol–water partition coefficient (Wildman–Crippen LogP) is 1.18. The SMILES string of the molecule is CCCCNC(=O)[C@@H]1[C@@H](OC(C)=O)CC=NN1C(=O)[C@H]1COC(=O)N1C(=O)OC(C)(C)C. The van der Waals surface area contributed by atoms with Gasteiger partial charge in [-0.05, 0) is 27.2 Å². The summed E-state index contributed by atoms with van der Waals surface area (Å²) in [7, 11) is 0. The molecule has 4 amide bonds. The van der Waals surface area contributed by atoms with E-state index in [4.69, 9.17) is 14.2 Å². The highest BCUT2D eigenvalue weighted by Crippen LogP contribution is 2.24. The van der Waals surface area contributed by atoms with Crippen molar-refractivity contribution in [2.45, 2.75) is 77.7 Å². The molecule has 2 aliphatic heterocycles. The van der Waals surface area contributed by atoms with Gasteiger partial charge in [-0.1, -0.05) is 13.3 Å². The van der Waals surface area contributed by atoms with Crippen molar-refractivity contribution in [2.75, 3.05) is 13.2 Å². The summed E-state index contributed by atoms with van der Waals surface area (Å²) in [5.41, 5.74) is -0.918. The fourth-order valence-electron chi connectivity index (χ4n) is 3.16. The molecule has 2 aliphatic rings. The monoisotopic (exact) mass is 454 g/mol. The highest BCUT2D eigenvalue weighted by molar-refractivity contribution is 5.99. The first-order valence-electron chi connectivity index (χ1n) is 10.5. The second-order valence-corrected chi connectivity index (χ2v) is 8.40. The van der Waals surface area contributed by atoms with Crippen molar-refractivity contribution in [2.24, 2.45) is 5.10 Å². The number of carbonyl (C=O) groups excluding carboxylic acids is 5. The number of unbranched alkanes of at least 4 members (excludes halogenated alkanes) is 1. The maximum Gasteiger partial charge on any atom is 0.420 e. The Labute approximate surface area is 186 Å². The smallest absolute Gasteiger partial charge is 0.420 e. The molecule has 2 heterocycles. The number of carbonyl (C=O) groups is 5. The molecule has 0 aromatic rings. The highest BCUT2D eigenvalue weighted by Gasteiger charge is 2.50. The van der Waals surface area contributed by atoms with E-state index in [2.05, 4.69) is 10.4 Å². The molecule has 0 aromatic carbocycles. The van der Waals surface area contributed by atoms with Crippen molar-refractivity contribution in [3.05, 3.63) is 0 Å². The topological polar surface area (TPSA) is 144 Å². The zero-order chi connectivity index (χ0) is 24.1. The molecule has 0 bridgehead atoms. The maximum atomic E-state index is 13.3. The number of nitrogens with zero attached hydrogens (tertiary/aromatic N) is 3. The van der Waals surface area contributed by atoms with Gasteiger partial charge in [-0.3, -0.25) is 14.4 Å². The Morgan fingerprint density at radius 1 is 1.28 bits per heavy atom. The van der Waals surface area contributed by atoms with Crippen LogP contribution in [0, 0.1) is 0 Å². The fraction of sp³-hybridized carbons (Fsp3) is 0.700. The average molecular weight is 454 g/mol. The molecule has 0 aliphatic carbocycles. The second-order valence-electron chi connectivity index (χ2n) is 8.40. The number of cyclic esters (lactones) is 1. The Hall–Kier alpha value is -3.18. The van der Waals surface area contributed by atoms with Gasteiger partial charge >= 0.3 is 18.2 Å². The Morgan fingerprint density at radius 2 is 1.97 bits per heavy atom. The summed E-state index contributed by atoms with van der Waals surface area (Å²) in [6.07, 6.45) is -0.0824. The van der Waals surface area contributed by atoms with E-state index in [0.717, 1.165) is 11.4 Å². The van der Waals surface area contributed by atoms with Gasteiger partial charge in [0.25, 0.3) is 5.91 Å². The van der Waals surface area contributed by atoms with Crippen LogP contribution in [-0.4, -0.2) is 83.0 Å². The van der Waals surface area contributed by atoms with Crippen molar-refractivity contribution in [3.8, 4) is 0 Å². The number of hydrazone groups is 1. The molecule has 12 heteroatoms. The van der Waals surface area contributed by atoms with Crippen LogP contribution in [0.1, 0.15) is 53.9 Å². The van der Waals surface area contributed by atoms with Gasteiger partial charge in [-0.2, -0.15) is 10.0 Å². The van der Waals surface area contributed by atoms with Crippen molar-refractivity contribution >= 4 is 36.2 Å². The van der Waals surface area contributed by atoms with E-state index in [-0.39, 0.29) is 6.42 Å². The molecule has 0 spiro atoms. The van der Waals surface area contributed by atoms with Gasteiger partial charge in [0, 0.05) is 26.1 Å². The summed E-state index contributed by atoms with van der Waals surface area (Å²) in [6.45, 7) is 7.91. The van der Waals surface area contributed by atoms with E-state index in [0.29, 0.717) is 17.9 Å². The zero-order valence-electron chi connectivity index (χ0n) is 19.0. The molecule has 3 atom stereocenters. The molecule has 0 aromatic heterocycles. The molecule has 1 N–H and O–H groups in total. The van der Waals surface area contributed by atoms with Crippen LogP contribution < -0.4 is 5.32 Å². The van der Waals surface area contributed by atoms with Gasteiger partial charge in [0.05, 0.1) is 0 Å². The fourth-order valence-corrected chi connectivity index (χ4v) is 3.16. The zero-order valence-corrected chi connectivity index (χ0v) is 19.0. The van der Waals surface area contributed by atoms with Crippen molar-refractivity contribution < 1.29 is 38.2 Å². The number of rotatable bonds is 6. The lowest BCUT2D eigenvalue weighted by Gasteiger charge is -2.36. The lowest BCUT2D eigenvalue weighted by molar-refractivity contribution is -0.159. The summed E-state index contributed by atoms with van der Waals surface area (Å²) in [4.78, 5) is 63.0. The third-order valence-corrected chi connectivity index (χ3v) is 4.55. The van der Waals surface area contributed by atoms with Crippen molar-refractivity contribution in [1.29, 1.82) is 0 Å². The van der Waals surface area contributed by atoms with Crippen molar-refractivity contribution in [3.63, 3.8) is 0 Å². The molecule has 1 saturated heterocycles. The first kappa shape index (κ1) is 25.1. The van der Waals surface area contributed by atoms with Crippen LogP contribution in [0.3, 0.4) is 0 Å². The van der Waals surface area contributed by atoms with Crippen molar-refractivity contribution in [1.82, 2.24) is 15.2 Å². The van der Waals surface area contributed by atoms with Gasteiger partial charge in [0.2, 0.25) is 5.91 Å². The Balaban J connectivity index is 2.30. The maximum absolute atomic E-state index is 13.3. The van der Waals surface area contributed by atoms with Crippen LogP contribution in [0.5, 0.6) is 0 Å². The third-order valence-electron chi connectivity index (χ3n) is 4.55. The summed E-state index contributed by atoms with van der Waals surface area (Å²) in [5, 5.41) is 7.56. The molecular formula is C20H30N4O8. The predicted molar refractivity (Wildman–Crippen MR) is 110 cm³/mol. The second kappa shape index (κ2) is 10.4. The standard InChI is InChI=1S/C20H30N4O8/c1-6-7-9-21-16(26)15-14(31-12(2)25)8-10-22-24(15)17(27)13-11-30-18(28)23(13)19(29)32-20(3,4)5/h10,13-15H,6-9,11H2,1-5H3,(H,21,26)/t13-,14+,15+/m1/s1. The quantitative estimate of drug-likeness (QED) is 0.358. The minimum Gasteiger partial charge on any atom is -0.459 e.